The number of hydrogen-bond acceptors (Lipinski definition) is 2. The van der Waals surface area contributed by atoms with Crippen LogP contribution in [0.1, 0.15) is 23.2 Å². The van der Waals surface area contributed by atoms with Crippen molar-refractivity contribution in [3.05, 3.63) is 33.4 Å². The van der Waals surface area contributed by atoms with E-state index in [0.29, 0.717) is 0 Å². The van der Waals surface area contributed by atoms with Crippen LogP contribution in [-0.4, -0.2) is 29.9 Å². The standard InChI is InChI=1S/C12H15IN2O.ClH/c13-10-3-1-2-9(8-10)12(16)15-6-4-11(14)5-7-15;/h1-3,8,11H,4-7,14H2;1H. The van der Waals surface area contributed by atoms with Gasteiger partial charge in [-0.3, -0.25) is 4.79 Å². The topological polar surface area (TPSA) is 46.3 Å². The Morgan fingerprint density at radius 3 is 2.59 bits per heavy atom. The minimum Gasteiger partial charge on any atom is -0.339 e. The maximum Gasteiger partial charge on any atom is 0.253 e. The number of carbonyl (C=O) groups excluding carboxylic acids is 1. The highest BCUT2D eigenvalue weighted by Crippen LogP contribution is 2.14. The summed E-state index contributed by atoms with van der Waals surface area (Å²) < 4.78 is 1.09. The first kappa shape index (κ1) is 14.7. The van der Waals surface area contributed by atoms with Gasteiger partial charge in [0.25, 0.3) is 5.91 Å². The zero-order valence-electron chi connectivity index (χ0n) is 9.43. The van der Waals surface area contributed by atoms with E-state index in [4.69, 9.17) is 5.73 Å². The largest absolute Gasteiger partial charge is 0.339 e. The molecule has 0 bridgehead atoms. The first-order valence-corrected chi connectivity index (χ1v) is 6.55. The summed E-state index contributed by atoms with van der Waals surface area (Å²) in [5.41, 5.74) is 6.60. The fourth-order valence-corrected chi connectivity index (χ4v) is 2.45. The molecule has 1 amide bonds. The van der Waals surface area contributed by atoms with Crippen molar-refractivity contribution < 1.29 is 4.79 Å². The SMILES string of the molecule is Cl.NC1CCN(C(=O)c2cccc(I)c2)CC1. The number of hydrogen-bond donors (Lipinski definition) is 1. The zero-order chi connectivity index (χ0) is 11.5. The lowest BCUT2D eigenvalue weighted by atomic mass is 10.1. The third kappa shape index (κ3) is 3.82. The van der Waals surface area contributed by atoms with Crippen molar-refractivity contribution in [2.75, 3.05) is 13.1 Å². The van der Waals surface area contributed by atoms with Gasteiger partial charge in [0, 0.05) is 28.3 Å². The molecule has 17 heavy (non-hydrogen) atoms. The molecule has 0 spiro atoms. The van der Waals surface area contributed by atoms with Gasteiger partial charge in [-0.05, 0) is 53.6 Å². The van der Waals surface area contributed by atoms with Gasteiger partial charge in [-0.1, -0.05) is 6.07 Å². The van der Waals surface area contributed by atoms with Crippen molar-refractivity contribution >= 4 is 40.9 Å². The molecule has 1 aliphatic heterocycles. The summed E-state index contributed by atoms with van der Waals surface area (Å²) in [5, 5.41) is 0. The number of halogens is 2. The maximum atomic E-state index is 12.1. The van der Waals surface area contributed by atoms with Gasteiger partial charge in [0.15, 0.2) is 0 Å². The minimum absolute atomic E-state index is 0. The van der Waals surface area contributed by atoms with Gasteiger partial charge in [-0.2, -0.15) is 0 Å². The molecule has 5 heteroatoms. The Kier molecular flexibility index (Phi) is 5.69. The van der Waals surface area contributed by atoms with E-state index < -0.39 is 0 Å². The molecule has 1 fully saturated rings. The van der Waals surface area contributed by atoms with Crippen LogP contribution in [0.5, 0.6) is 0 Å². The molecule has 2 N–H and O–H groups in total. The first-order chi connectivity index (χ1) is 7.66. The molecule has 1 heterocycles. The smallest absolute Gasteiger partial charge is 0.253 e. The Hall–Kier alpha value is -0.330. The second-order valence-corrected chi connectivity index (χ2v) is 5.39. The van der Waals surface area contributed by atoms with Gasteiger partial charge in [-0.25, -0.2) is 0 Å². The van der Waals surface area contributed by atoms with Crippen LogP contribution in [0.25, 0.3) is 0 Å². The summed E-state index contributed by atoms with van der Waals surface area (Å²) in [4.78, 5) is 14.0. The molecule has 1 saturated heterocycles. The summed E-state index contributed by atoms with van der Waals surface area (Å²) in [6, 6.07) is 7.98. The van der Waals surface area contributed by atoms with Gasteiger partial charge in [0.05, 0.1) is 0 Å². The average Bonchev–Trinajstić information content (AvgIpc) is 2.29. The number of nitrogens with zero attached hydrogens (tertiary/aromatic N) is 1. The van der Waals surface area contributed by atoms with E-state index in [1.165, 1.54) is 0 Å². The Labute approximate surface area is 121 Å². The monoisotopic (exact) mass is 366 g/mol. The van der Waals surface area contributed by atoms with E-state index in [-0.39, 0.29) is 24.4 Å². The molecule has 1 aromatic carbocycles. The highest BCUT2D eigenvalue weighted by molar-refractivity contribution is 14.1. The zero-order valence-corrected chi connectivity index (χ0v) is 12.4. The van der Waals surface area contributed by atoms with Crippen LogP contribution in [-0.2, 0) is 0 Å². The third-order valence-corrected chi connectivity index (χ3v) is 3.57. The number of benzene rings is 1. The molecule has 0 radical (unpaired) electrons. The molecule has 2 rings (SSSR count). The number of likely N-dealkylation sites (tertiary alicyclic amines) is 1. The number of amides is 1. The summed E-state index contributed by atoms with van der Waals surface area (Å²) >= 11 is 2.22. The fourth-order valence-electron chi connectivity index (χ4n) is 1.91. The van der Waals surface area contributed by atoms with Crippen LogP contribution in [0.3, 0.4) is 0 Å². The molecule has 0 unspecified atom stereocenters. The molecule has 1 aromatic rings. The third-order valence-electron chi connectivity index (χ3n) is 2.90. The summed E-state index contributed by atoms with van der Waals surface area (Å²) in [5.74, 6) is 0.130. The Morgan fingerprint density at radius 2 is 2.00 bits per heavy atom. The van der Waals surface area contributed by atoms with E-state index in [1.54, 1.807) is 0 Å². The van der Waals surface area contributed by atoms with Crippen molar-refractivity contribution in [1.82, 2.24) is 4.90 Å². The van der Waals surface area contributed by atoms with Crippen LogP contribution < -0.4 is 5.73 Å². The Balaban J connectivity index is 0.00000144. The van der Waals surface area contributed by atoms with E-state index in [1.807, 2.05) is 29.2 Å². The van der Waals surface area contributed by atoms with Crippen LogP contribution in [0.2, 0.25) is 0 Å². The number of piperidine rings is 1. The maximum absolute atomic E-state index is 12.1. The normalized spacial score (nSPS) is 16.5. The van der Waals surface area contributed by atoms with Crippen LogP contribution in [0.15, 0.2) is 24.3 Å². The second kappa shape index (κ2) is 6.56. The lowest BCUT2D eigenvalue weighted by molar-refractivity contribution is 0.0714. The quantitative estimate of drug-likeness (QED) is 0.775. The number of carbonyl (C=O) groups is 1. The molecule has 94 valence electrons. The lowest BCUT2D eigenvalue weighted by Gasteiger charge is -2.30. The van der Waals surface area contributed by atoms with Crippen LogP contribution >= 0.6 is 35.0 Å². The average molecular weight is 367 g/mol. The van der Waals surface area contributed by atoms with Crippen molar-refractivity contribution in [2.24, 2.45) is 5.73 Å². The molecule has 0 aromatic heterocycles. The van der Waals surface area contributed by atoms with Gasteiger partial charge >= 0.3 is 0 Å². The molecule has 1 aliphatic rings. The Bertz CT molecular complexity index is 392. The van der Waals surface area contributed by atoms with Crippen molar-refractivity contribution in [2.45, 2.75) is 18.9 Å². The van der Waals surface area contributed by atoms with Crippen LogP contribution in [0, 0.1) is 3.57 Å². The molecule has 0 aliphatic carbocycles. The summed E-state index contributed by atoms with van der Waals surface area (Å²) in [6.45, 7) is 1.57. The predicted octanol–water partition coefficient (Wildman–Crippen LogP) is 2.28. The van der Waals surface area contributed by atoms with Gasteiger partial charge in [0.2, 0.25) is 0 Å². The van der Waals surface area contributed by atoms with Gasteiger partial charge in [-0.15, -0.1) is 12.4 Å². The van der Waals surface area contributed by atoms with E-state index >= 15 is 0 Å². The van der Waals surface area contributed by atoms with Gasteiger partial charge in [0.1, 0.15) is 0 Å². The Morgan fingerprint density at radius 1 is 1.35 bits per heavy atom. The molecular formula is C12H16ClIN2O. The fraction of sp³-hybridized carbons (Fsp3) is 0.417. The van der Waals surface area contributed by atoms with E-state index in [0.717, 1.165) is 35.1 Å². The van der Waals surface area contributed by atoms with Crippen LogP contribution in [0.4, 0.5) is 0 Å². The van der Waals surface area contributed by atoms with E-state index in [9.17, 15) is 4.79 Å². The second-order valence-electron chi connectivity index (χ2n) is 4.14. The lowest BCUT2D eigenvalue weighted by Crippen LogP contribution is -2.42. The van der Waals surface area contributed by atoms with Crippen molar-refractivity contribution in [3.63, 3.8) is 0 Å². The van der Waals surface area contributed by atoms with E-state index in [2.05, 4.69) is 22.6 Å². The molecule has 0 atom stereocenters. The predicted molar refractivity (Wildman–Crippen MR) is 79.5 cm³/mol. The summed E-state index contributed by atoms with van der Waals surface area (Å²) in [6.07, 6.45) is 1.82. The highest BCUT2D eigenvalue weighted by Gasteiger charge is 2.21. The summed E-state index contributed by atoms with van der Waals surface area (Å²) in [7, 11) is 0. The van der Waals surface area contributed by atoms with Gasteiger partial charge < -0.3 is 10.6 Å². The minimum atomic E-state index is 0. The number of rotatable bonds is 1. The van der Waals surface area contributed by atoms with Crippen molar-refractivity contribution in [1.29, 1.82) is 0 Å². The molecule has 0 saturated carbocycles. The highest BCUT2D eigenvalue weighted by atomic mass is 127. The molecular weight excluding hydrogens is 351 g/mol. The number of nitrogens with two attached hydrogens (primary N) is 1. The van der Waals surface area contributed by atoms with Crippen molar-refractivity contribution in [3.8, 4) is 0 Å². The molecule has 3 nitrogen and oxygen atoms in total. The first-order valence-electron chi connectivity index (χ1n) is 5.47.